The quantitative estimate of drug-likeness (QED) is 0.433. The number of alkyl halides is 3. The summed E-state index contributed by atoms with van der Waals surface area (Å²) in [5.74, 6) is -2.67. The molecule has 1 atom stereocenters. The monoisotopic (exact) mass is 437 g/mol. The minimum Gasteiger partial charge on any atom is -0.463 e. The Morgan fingerprint density at radius 3 is 2.37 bits per heavy atom. The fourth-order valence-electron chi connectivity index (χ4n) is 2.75. The number of thiazole rings is 1. The summed E-state index contributed by atoms with van der Waals surface area (Å²) < 4.78 is 47.9. The molecule has 3 rings (SSSR count). The largest absolute Gasteiger partial charge is 0.463 e. The van der Waals surface area contributed by atoms with Crippen molar-refractivity contribution in [3.8, 4) is 0 Å². The van der Waals surface area contributed by atoms with Crippen LogP contribution in [0.15, 0.2) is 54.6 Å². The number of benzene rings is 2. The average molecular weight is 437 g/mol. The molecule has 0 radical (unpaired) electrons. The second-order valence-electron chi connectivity index (χ2n) is 6.29. The minimum absolute atomic E-state index is 0.179. The topological polar surface area (TPSA) is 80.3 Å². The fraction of sp³-hybridized carbons (Fsp3) is 0.250. The number of rotatable bonds is 7. The average Bonchev–Trinajstić information content (AvgIpc) is 3.09. The Bertz CT molecular complexity index is 1010. The summed E-state index contributed by atoms with van der Waals surface area (Å²) in [6.07, 6.45) is -5.55. The standard InChI is InChI=1S/C20H18F3N3O3S/c1-2-29-17(28)19(20(21,22)23,25-16(27)12-13-8-4-3-5-9-13)26-18-24-14-10-6-7-11-15(14)30-18/h3-11H,2,12H2,1H3,(H,24,26)(H,25,27)/t19-/m1/s1. The first-order valence-corrected chi connectivity index (χ1v) is 9.79. The molecule has 0 bridgehead atoms. The predicted molar refractivity (Wildman–Crippen MR) is 107 cm³/mol. The Kier molecular flexibility index (Phi) is 6.25. The highest BCUT2D eigenvalue weighted by atomic mass is 32.1. The molecule has 0 spiro atoms. The van der Waals surface area contributed by atoms with E-state index in [0.29, 0.717) is 15.8 Å². The number of para-hydroxylation sites is 1. The second kappa shape index (κ2) is 8.70. The molecule has 2 N–H and O–H groups in total. The zero-order valence-electron chi connectivity index (χ0n) is 15.8. The lowest BCUT2D eigenvalue weighted by Gasteiger charge is -2.34. The number of nitrogens with zero attached hydrogens (tertiary/aromatic N) is 1. The Morgan fingerprint density at radius 2 is 1.73 bits per heavy atom. The predicted octanol–water partition coefficient (Wildman–Crippen LogP) is 3.89. The van der Waals surface area contributed by atoms with E-state index in [0.717, 1.165) is 11.3 Å². The minimum atomic E-state index is -5.20. The first-order valence-electron chi connectivity index (χ1n) is 8.98. The van der Waals surface area contributed by atoms with Crippen LogP contribution in [-0.4, -0.2) is 35.3 Å². The lowest BCUT2D eigenvalue weighted by molar-refractivity contribution is -0.207. The molecular formula is C20H18F3N3O3S. The molecular weight excluding hydrogens is 419 g/mol. The van der Waals surface area contributed by atoms with Gasteiger partial charge in [0.05, 0.1) is 23.2 Å². The van der Waals surface area contributed by atoms with Crippen LogP contribution >= 0.6 is 11.3 Å². The lowest BCUT2D eigenvalue weighted by Crippen LogP contribution is -2.69. The van der Waals surface area contributed by atoms with Gasteiger partial charge in [-0.05, 0) is 24.6 Å². The smallest absolute Gasteiger partial charge is 0.442 e. The number of carbonyl (C=O) groups excluding carboxylic acids is 2. The summed E-state index contributed by atoms with van der Waals surface area (Å²) in [7, 11) is 0. The van der Waals surface area contributed by atoms with Crippen molar-refractivity contribution in [1.29, 1.82) is 0 Å². The molecule has 2 aromatic carbocycles. The van der Waals surface area contributed by atoms with Gasteiger partial charge >= 0.3 is 17.8 Å². The molecule has 1 amide bonds. The second-order valence-corrected chi connectivity index (χ2v) is 7.32. The first kappa shape index (κ1) is 21.6. The van der Waals surface area contributed by atoms with Gasteiger partial charge in [-0.25, -0.2) is 9.78 Å². The zero-order valence-corrected chi connectivity index (χ0v) is 16.6. The van der Waals surface area contributed by atoms with Crippen LogP contribution in [0.3, 0.4) is 0 Å². The number of hydrogen-bond acceptors (Lipinski definition) is 6. The van der Waals surface area contributed by atoms with E-state index in [1.54, 1.807) is 54.6 Å². The van der Waals surface area contributed by atoms with Gasteiger partial charge in [-0.3, -0.25) is 4.79 Å². The van der Waals surface area contributed by atoms with Crippen molar-refractivity contribution in [2.45, 2.75) is 25.2 Å². The summed E-state index contributed by atoms with van der Waals surface area (Å²) in [5, 5.41) is 3.73. The molecule has 0 aliphatic rings. The Labute approximate surface area is 174 Å². The van der Waals surface area contributed by atoms with E-state index in [1.165, 1.54) is 6.92 Å². The molecule has 30 heavy (non-hydrogen) atoms. The van der Waals surface area contributed by atoms with E-state index < -0.39 is 23.7 Å². The number of amides is 1. The van der Waals surface area contributed by atoms with E-state index in [2.05, 4.69) is 15.0 Å². The number of esters is 1. The van der Waals surface area contributed by atoms with Crippen molar-refractivity contribution in [2.75, 3.05) is 11.9 Å². The molecule has 0 fully saturated rings. The van der Waals surface area contributed by atoms with Crippen LogP contribution in [0.5, 0.6) is 0 Å². The number of aromatic nitrogens is 1. The number of fused-ring (bicyclic) bond motifs is 1. The van der Waals surface area contributed by atoms with Crippen LogP contribution in [0.2, 0.25) is 0 Å². The van der Waals surface area contributed by atoms with Crippen LogP contribution < -0.4 is 10.6 Å². The molecule has 0 aliphatic carbocycles. The van der Waals surface area contributed by atoms with Crippen molar-refractivity contribution in [3.63, 3.8) is 0 Å². The van der Waals surface area contributed by atoms with E-state index in [-0.39, 0.29) is 18.2 Å². The van der Waals surface area contributed by atoms with E-state index >= 15 is 0 Å². The number of hydrogen-bond donors (Lipinski definition) is 2. The van der Waals surface area contributed by atoms with E-state index in [9.17, 15) is 22.8 Å². The van der Waals surface area contributed by atoms with Gasteiger partial charge in [0.15, 0.2) is 5.13 Å². The summed E-state index contributed by atoms with van der Waals surface area (Å²) in [6, 6.07) is 14.9. The fourth-order valence-corrected chi connectivity index (χ4v) is 3.67. The molecule has 0 unspecified atom stereocenters. The highest BCUT2D eigenvalue weighted by Crippen LogP contribution is 2.35. The Balaban J connectivity index is 1.97. The van der Waals surface area contributed by atoms with Gasteiger partial charge in [0, 0.05) is 0 Å². The molecule has 0 saturated heterocycles. The van der Waals surface area contributed by atoms with Crippen LogP contribution in [0.25, 0.3) is 10.2 Å². The van der Waals surface area contributed by atoms with Crippen molar-refractivity contribution < 1.29 is 27.5 Å². The molecule has 6 nitrogen and oxygen atoms in total. The van der Waals surface area contributed by atoms with Crippen molar-refractivity contribution >= 4 is 38.6 Å². The van der Waals surface area contributed by atoms with Gasteiger partial charge in [0.2, 0.25) is 5.91 Å². The van der Waals surface area contributed by atoms with Crippen molar-refractivity contribution in [3.05, 3.63) is 60.2 Å². The molecule has 3 aromatic rings. The highest BCUT2D eigenvalue weighted by Gasteiger charge is 2.64. The number of anilines is 1. The lowest BCUT2D eigenvalue weighted by atomic mass is 10.1. The third-order valence-corrected chi connectivity index (χ3v) is 5.08. The van der Waals surface area contributed by atoms with Gasteiger partial charge in [-0.15, -0.1) is 0 Å². The van der Waals surface area contributed by atoms with Gasteiger partial charge in [0.1, 0.15) is 0 Å². The summed E-state index contributed by atoms with van der Waals surface area (Å²) in [4.78, 5) is 29.0. The molecule has 10 heteroatoms. The van der Waals surface area contributed by atoms with Gasteiger partial charge in [0.25, 0.3) is 0 Å². The van der Waals surface area contributed by atoms with Crippen LogP contribution in [0.4, 0.5) is 18.3 Å². The summed E-state index contributed by atoms with van der Waals surface area (Å²) >= 11 is 0.926. The van der Waals surface area contributed by atoms with Gasteiger partial charge < -0.3 is 15.4 Å². The molecule has 0 aliphatic heterocycles. The van der Waals surface area contributed by atoms with Gasteiger partial charge in [-0.2, -0.15) is 13.2 Å². The van der Waals surface area contributed by atoms with Crippen molar-refractivity contribution in [2.24, 2.45) is 0 Å². The summed E-state index contributed by atoms with van der Waals surface area (Å²) in [5.41, 5.74) is -2.53. The van der Waals surface area contributed by atoms with E-state index in [4.69, 9.17) is 0 Å². The van der Waals surface area contributed by atoms with Crippen LogP contribution in [0.1, 0.15) is 12.5 Å². The maximum absolute atomic E-state index is 14.2. The molecule has 1 aromatic heterocycles. The highest BCUT2D eigenvalue weighted by molar-refractivity contribution is 7.22. The van der Waals surface area contributed by atoms with Crippen LogP contribution in [0, 0.1) is 0 Å². The number of halogens is 3. The number of ether oxygens (including phenoxy) is 1. The third-order valence-electron chi connectivity index (χ3n) is 4.13. The molecule has 158 valence electrons. The van der Waals surface area contributed by atoms with Gasteiger partial charge in [-0.1, -0.05) is 53.8 Å². The molecule has 0 saturated carbocycles. The maximum atomic E-state index is 14.2. The first-order chi connectivity index (χ1) is 14.2. The SMILES string of the molecule is CCOC(=O)[C@@](NC(=O)Cc1ccccc1)(Nc1nc2ccccc2s1)C(F)(F)F. The number of nitrogens with one attached hydrogen (secondary N) is 2. The van der Waals surface area contributed by atoms with Crippen LogP contribution in [-0.2, 0) is 20.7 Å². The Hall–Kier alpha value is -3.14. The number of carbonyl (C=O) groups is 2. The zero-order chi connectivity index (χ0) is 21.8. The summed E-state index contributed by atoms with van der Waals surface area (Å²) in [6.45, 7) is 1.08. The molecule has 1 heterocycles. The maximum Gasteiger partial charge on any atom is 0.442 e. The third kappa shape index (κ3) is 4.54. The van der Waals surface area contributed by atoms with Crippen molar-refractivity contribution in [1.82, 2.24) is 10.3 Å². The Morgan fingerprint density at radius 1 is 1.07 bits per heavy atom. The van der Waals surface area contributed by atoms with E-state index in [1.807, 2.05) is 5.32 Å². The normalized spacial score (nSPS) is 13.5.